The molecule has 0 fully saturated rings. The highest BCUT2D eigenvalue weighted by Gasteiger charge is 2.16. The van der Waals surface area contributed by atoms with Gasteiger partial charge in [0.05, 0.1) is 6.07 Å². The maximum atomic E-state index is 10.6. The second-order valence-electron chi connectivity index (χ2n) is 2.85. The van der Waals surface area contributed by atoms with Crippen LogP contribution in [0.1, 0.15) is 5.56 Å². The average Bonchev–Trinajstić information content (AvgIpc) is 2.14. The van der Waals surface area contributed by atoms with Gasteiger partial charge in [0.1, 0.15) is 5.92 Å². The van der Waals surface area contributed by atoms with Gasteiger partial charge in [0.25, 0.3) is 0 Å². The Bertz CT molecular complexity index is 384. The standard InChI is InChI=1S/C10H8ClNO2/c11-9-3-1-2-7(5-9)4-8(6-12)10(13)14/h1-3,5,8H,4H2,(H,13,14). The van der Waals surface area contributed by atoms with Gasteiger partial charge in [0, 0.05) is 5.02 Å². The number of nitriles is 1. The first-order valence-corrected chi connectivity index (χ1v) is 4.38. The zero-order chi connectivity index (χ0) is 10.6. The summed E-state index contributed by atoms with van der Waals surface area (Å²) in [5.41, 5.74) is 0.756. The topological polar surface area (TPSA) is 61.1 Å². The van der Waals surface area contributed by atoms with Crippen LogP contribution in [-0.2, 0) is 11.2 Å². The van der Waals surface area contributed by atoms with Gasteiger partial charge in [-0.15, -0.1) is 0 Å². The van der Waals surface area contributed by atoms with Gasteiger partial charge in [-0.25, -0.2) is 0 Å². The summed E-state index contributed by atoms with van der Waals surface area (Å²) >= 11 is 5.72. The molecule has 0 saturated heterocycles. The molecule has 1 aromatic carbocycles. The molecule has 0 spiro atoms. The number of hydrogen-bond acceptors (Lipinski definition) is 2. The van der Waals surface area contributed by atoms with E-state index in [1.165, 1.54) is 0 Å². The number of benzene rings is 1. The SMILES string of the molecule is N#CC(Cc1cccc(Cl)c1)C(=O)O. The van der Waals surface area contributed by atoms with Crippen molar-refractivity contribution in [2.45, 2.75) is 6.42 Å². The van der Waals surface area contributed by atoms with E-state index in [1.807, 2.05) is 0 Å². The molecule has 0 amide bonds. The lowest BCUT2D eigenvalue weighted by Crippen LogP contribution is -2.14. The molecule has 4 heteroatoms. The maximum absolute atomic E-state index is 10.6. The summed E-state index contributed by atoms with van der Waals surface area (Å²) in [6, 6.07) is 8.57. The fraction of sp³-hybridized carbons (Fsp3) is 0.200. The van der Waals surface area contributed by atoms with E-state index < -0.39 is 11.9 Å². The lowest BCUT2D eigenvalue weighted by molar-refractivity contribution is -0.139. The Hall–Kier alpha value is -1.53. The normalized spacial score (nSPS) is 11.7. The minimum absolute atomic E-state index is 0.187. The fourth-order valence-electron chi connectivity index (χ4n) is 1.09. The largest absolute Gasteiger partial charge is 0.480 e. The third-order valence-electron chi connectivity index (χ3n) is 1.78. The predicted octanol–water partition coefficient (Wildman–Crippen LogP) is 2.11. The summed E-state index contributed by atoms with van der Waals surface area (Å²) in [6.45, 7) is 0. The van der Waals surface area contributed by atoms with Crippen molar-refractivity contribution in [3.63, 3.8) is 0 Å². The Morgan fingerprint density at radius 1 is 1.64 bits per heavy atom. The highest BCUT2D eigenvalue weighted by molar-refractivity contribution is 6.30. The summed E-state index contributed by atoms with van der Waals surface area (Å²) in [5.74, 6) is -2.11. The van der Waals surface area contributed by atoms with Crippen molar-refractivity contribution in [2.75, 3.05) is 0 Å². The van der Waals surface area contributed by atoms with Gasteiger partial charge in [-0.05, 0) is 24.1 Å². The molecule has 1 unspecified atom stereocenters. The number of carboxylic acid groups (broad SMARTS) is 1. The number of carbonyl (C=O) groups is 1. The fourth-order valence-corrected chi connectivity index (χ4v) is 1.30. The molecule has 1 rings (SSSR count). The van der Waals surface area contributed by atoms with Crippen molar-refractivity contribution in [3.05, 3.63) is 34.9 Å². The van der Waals surface area contributed by atoms with Crippen LogP contribution in [0.3, 0.4) is 0 Å². The molecule has 0 saturated carbocycles. The lowest BCUT2D eigenvalue weighted by atomic mass is 10.0. The molecule has 0 heterocycles. The average molecular weight is 210 g/mol. The number of halogens is 1. The summed E-state index contributed by atoms with van der Waals surface area (Å²) in [7, 11) is 0. The number of hydrogen-bond donors (Lipinski definition) is 1. The quantitative estimate of drug-likeness (QED) is 0.830. The Labute approximate surface area is 86.5 Å². The van der Waals surface area contributed by atoms with E-state index in [0.717, 1.165) is 5.56 Å². The number of carboxylic acids is 1. The van der Waals surface area contributed by atoms with Gasteiger partial charge >= 0.3 is 5.97 Å². The molecule has 1 aromatic rings. The molecule has 3 nitrogen and oxygen atoms in total. The van der Waals surface area contributed by atoms with Crippen LogP contribution >= 0.6 is 11.6 Å². The van der Waals surface area contributed by atoms with Crippen LogP contribution in [0.15, 0.2) is 24.3 Å². The Balaban J connectivity index is 2.78. The highest BCUT2D eigenvalue weighted by atomic mass is 35.5. The van der Waals surface area contributed by atoms with E-state index in [-0.39, 0.29) is 6.42 Å². The van der Waals surface area contributed by atoms with Crippen molar-refractivity contribution in [3.8, 4) is 6.07 Å². The molecule has 0 bridgehead atoms. The Morgan fingerprint density at radius 3 is 2.86 bits per heavy atom. The van der Waals surface area contributed by atoms with E-state index >= 15 is 0 Å². The van der Waals surface area contributed by atoms with Crippen LogP contribution in [0.4, 0.5) is 0 Å². The minimum Gasteiger partial charge on any atom is -0.480 e. The zero-order valence-corrected chi connectivity index (χ0v) is 8.03. The molecule has 0 aliphatic heterocycles. The van der Waals surface area contributed by atoms with Gasteiger partial charge in [-0.3, -0.25) is 4.79 Å². The van der Waals surface area contributed by atoms with Crippen molar-refractivity contribution in [2.24, 2.45) is 5.92 Å². The number of rotatable bonds is 3. The summed E-state index contributed by atoms with van der Waals surface area (Å²) in [6.07, 6.45) is 0.187. The molecular weight excluding hydrogens is 202 g/mol. The Morgan fingerprint density at radius 2 is 2.36 bits per heavy atom. The number of nitrogens with zero attached hydrogens (tertiary/aromatic N) is 1. The van der Waals surface area contributed by atoms with Crippen molar-refractivity contribution < 1.29 is 9.90 Å². The zero-order valence-electron chi connectivity index (χ0n) is 7.27. The van der Waals surface area contributed by atoms with Crippen LogP contribution in [0, 0.1) is 17.2 Å². The summed E-state index contributed by atoms with van der Waals surface area (Å²) in [5, 5.41) is 17.8. The molecule has 0 radical (unpaired) electrons. The molecule has 0 aromatic heterocycles. The first kappa shape index (κ1) is 10.6. The van der Waals surface area contributed by atoms with E-state index in [2.05, 4.69) is 0 Å². The van der Waals surface area contributed by atoms with Gasteiger partial charge in [-0.2, -0.15) is 5.26 Å². The van der Waals surface area contributed by atoms with Crippen LogP contribution < -0.4 is 0 Å². The van der Waals surface area contributed by atoms with Crippen LogP contribution in [0.25, 0.3) is 0 Å². The molecule has 0 aliphatic carbocycles. The maximum Gasteiger partial charge on any atom is 0.321 e. The van der Waals surface area contributed by atoms with E-state index in [1.54, 1.807) is 30.3 Å². The smallest absolute Gasteiger partial charge is 0.321 e. The summed E-state index contributed by atoms with van der Waals surface area (Å²) < 4.78 is 0. The van der Waals surface area contributed by atoms with Gasteiger partial charge in [0.15, 0.2) is 0 Å². The lowest BCUT2D eigenvalue weighted by Gasteiger charge is -2.03. The third-order valence-corrected chi connectivity index (χ3v) is 2.02. The van der Waals surface area contributed by atoms with E-state index in [0.29, 0.717) is 5.02 Å². The molecule has 0 aliphatic rings. The summed E-state index contributed by atoms with van der Waals surface area (Å²) in [4.78, 5) is 10.6. The molecule has 1 atom stereocenters. The molecular formula is C10H8ClNO2. The van der Waals surface area contributed by atoms with Crippen molar-refractivity contribution >= 4 is 17.6 Å². The van der Waals surface area contributed by atoms with Crippen LogP contribution in [-0.4, -0.2) is 11.1 Å². The van der Waals surface area contributed by atoms with Crippen LogP contribution in [0.5, 0.6) is 0 Å². The second-order valence-corrected chi connectivity index (χ2v) is 3.29. The minimum atomic E-state index is -1.10. The third kappa shape index (κ3) is 2.75. The van der Waals surface area contributed by atoms with Crippen molar-refractivity contribution in [1.82, 2.24) is 0 Å². The van der Waals surface area contributed by atoms with Crippen molar-refractivity contribution in [1.29, 1.82) is 5.26 Å². The molecule has 14 heavy (non-hydrogen) atoms. The van der Waals surface area contributed by atoms with E-state index in [4.69, 9.17) is 22.0 Å². The monoisotopic (exact) mass is 209 g/mol. The number of aliphatic carboxylic acids is 1. The predicted molar refractivity (Wildman–Crippen MR) is 51.9 cm³/mol. The molecule has 72 valence electrons. The Kier molecular flexibility index (Phi) is 3.49. The second kappa shape index (κ2) is 4.64. The first-order chi connectivity index (χ1) is 6.63. The van der Waals surface area contributed by atoms with E-state index in [9.17, 15) is 4.79 Å². The highest BCUT2D eigenvalue weighted by Crippen LogP contribution is 2.14. The van der Waals surface area contributed by atoms with Gasteiger partial charge in [-0.1, -0.05) is 23.7 Å². The molecule has 1 N–H and O–H groups in total. The van der Waals surface area contributed by atoms with Gasteiger partial charge < -0.3 is 5.11 Å². The van der Waals surface area contributed by atoms with Crippen LogP contribution in [0.2, 0.25) is 5.02 Å². The van der Waals surface area contributed by atoms with Gasteiger partial charge in [0.2, 0.25) is 0 Å². The first-order valence-electron chi connectivity index (χ1n) is 4.00.